The zero-order valence-electron chi connectivity index (χ0n) is 12.0. The molecule has 1 heterocycles. The topological polar surface area (TPSA) is 97.5 Å². The van der Waals surface area contributed by atoms with Gasteiger partial charge in [-0.2, -0.15) is 0 Å². The molecule has 0 fully saturated rings. The van der Waals surface area contributed by atoms with Crippen LogP contribution in [0.25, 0.3) is 10.2 Å². The van der Waals surface area contributed by atoms with E-state index in [1.54, 1.807) is 18.2 Å². The van der Waals surface area contributed by atoms with Crippen molar-refractivity contribution in [1.82, 2.24) is 4.98 Å². The molecule has 3 aromatic rings. The fraction of sp³-hybridized carbons (Fsp3) is 0.0625. The highest BCUT2D eigenvalue weighted by Gasteiger charge is 2.10. The third-order valence-corrected chi connectivity index (χ3v) is 4.03. The van der Waals surface area contributed by atoms with Gasteiger partial charge in [0.1, 0.15) is 4.70 Å². The molecule has 1 amide bonds. The summed E-state index contributed by atoms with van der Waals surface area (Å²) in [4.78, 5) is 30.7. The van der Waals surface area contributed by atoms with E-state index in [1.165, 1.54) is 0 Å². The first-order chi connectivity index (χ1) is 11.1. The largest absolute Gasteiger partial charge is 0.369 e. The molecule has 0 bridgehead atoms. The van der Waals surface area contributed by atoms with E-state index in [4.69, 9.17) is 10.6 Å². The predicted molar refractivity (Wildman–Crippen MR) is 89.9 cm³/mol. The van der Waals surface area contributed by atoms with Crippen LogP contribution in [0.3, 0.4) is 0 Å². The number of amides is 1. The molecule has 0 atom stereocenters. The van der Waals surface area contributed by atoms with Crippen LogP contribution in [0.5, 0.6) is 5.75 Å². The van der Waals surface area contributed by atoms with E-state index < -0.39 is 5.91 Å². The number of nitrogens with zero attached hydrogens (tertiary/aromatic N) is 1. The number of aromatic nitrogens is 1. The second-order valence-corrected chi connectivity index (χ2v) is 5.77. The lowest BCUT2D eigenvalue weighted by Crippen LogP contribution is -2.17. The van der Waals surface area contributed by atoms with E-state index in [1.807, 2.05) is 30.3 Å². The lowest BCUT2D eigenvalue weighted by Gasteiger charge is -2.05. The molecule has 3 N–H and O–H groups in total. The molecule has 116 valence electrons. The van der Waals surface area contributed by atoms with Crippen LogP contribution < -0.4 is 15.4 Å². The molecular formula is C16H13N3O3S. The molecule has 0 aliphatic rings. The highest BCUT2D eigenvalue weighted by Crippen LogP contribution is 2.26. The first kappa shape index (κ1) is 15.0. The van der Waals surface area contributed by atoms with E-state index >= 15 is 0 Å². The van der Waals surface area contributed by atoms with E-state index in [2.05, 4.69) is 10.1 Å². The van der Waals surface area contributed by atoms with Crippen LogP contribution in [0, 0.1) is 0 Å². The van der Waals surface area contributed by atoms with Crippen molar-refractivity contribution in [3.63, 3.8) is 0 Å². The van der Waals surface area contributed by atoms with Crippen molar-refractivity contribution in [2.75, 3.05) is 0 Å². The number of oxime groups is 1. The van der Waals surface area contributed by atoms with E-state index in [0.29, 0.717) is 21.7 Å². The lowest BCUT2D eigenvalue weighted by molar-refractivity contribution is -0.116. The Morgan fingerprint density at radius 1 is 1.17 bits per heavy atom. The molecule has 3 rings (SSSR count). The van der Waals surface area contributed by atoms with Crippen molar-refractivity contribution in [2.24, 2.45) is 10.9 Å². The Morgan fingerprint density at radius 2 is 1.96 bits per heavy atom. The number of primary amides is 1. The number of rotatable bonds is 5. The Bertz CT molecular complexity index is 928. The lowest BCUT2D eigenvalue weighted by atomic mass is 10.1. The minimum Gasteiger partial charge on any atom is -0.369 e. The number of benzene rings is 2. The Hall–Kier alpha value is -2.93. The summed E-state index contributed by atoms with van der Waals surface area (Å²) in [6.07, 6.45) is -0.0383. The second-order valence-electron chi connectivity index (χ2n) is 4.79. The summed E-state index contributed by atoms with van der Waals surface area (Å²) in [5, 5.41) is 4.07. The van der Waals surface area contributed by atoms with Crippen LogP contribution in [0.4, 0.5) is 0 Å². The summed E-state index contributed by atoms with van der Waals surface area (Å²) >= 11 is 1.04. The minimum absolute atomic E-state index is 0.0383. The van der Waals surface area contributed by atoms with Crippen LogP contribution in [-0.4, -0.2) is 16.6 Å². The third-order valence-electron chi connectivity index (χ3n) is 3.11. The highest BCUT2D eigenvalue weighted by atomic mass is 32.1. The van der Waals surface area contributed by atoms with Gasteiger partial charge < -0.3 is 15.6 Å². The van der Waals surface area contributed by atoms with Gasteiger partial charge in [0.2, 0.25) is 5.91 Å². The number of nitrogens with two attached hydrogens (primary N) is 1. The van der Waals surface area contributed by atoms with Crippen molar-refractivity contribution in [2.45, 2.75) is 6.42 Å². The van der Waals surface area contributed by atoms with Crippen LogP contribution in [-0.2, 0) is 4.79 Å². The molecule has 0 aliphatic carbocycles. The number of hydrogen-bond donors (Lipinski definition) is 2. The SMILES string of the molecule is NC(=O)C/C(=N\Oc1cccc2[nH]c(=O)sc12)c1ccccc1. The zero-order chi connectivity index (χ0) is 16.2. The molecule has 0 radical (unpaired) electrons. The monoisotopic (exact) mass is 327 g/mol. The average molecular weight is 327 g/mol. The molecule has 1 aromatic heterocycles. The summed E-state index contributed by atoms with van der Waals surface area (Å²) in [5.74, 6) is -0.0514. The maximum absolute atomic E-state index is 11.5. The number of fused-ring (bicyclic) bond motifs is 1. The summed E-state index contributed by atoms with van der Waals surface area (Å²) in [5.41, 5.74) is 7.14. The van der Waals surface area contributed by atoms with Crippen molar-refractivity contribution in [3.8, 4) is 5.75 Å². The smallest absolute Gasteiger partial charge is 0.305 e. The summed E-state index contributed by atoms with van der Waals surface area (Å²) < 4.78 is 0.674. The molecule has 0 saturated heterocycles. The fourth-order valence-electron chi connectivity index (χ4n) is 2.11. The van der Waals surface area contributed by atoms with Gasteiger partial charge in [0.05, 0.1) is 17.6 Å². The van der Waals surface area contributed by atoms with Gasteiger partial charge in [-0.05, 0) is 17.7 Å². The zero-order valence-corrected chi connectivity index (χ0v) is 12.8. The first-order valence-electron chi connectivity index (χ1n) is 6.83. The summed E-state index contributed by atoms with van der Waals surface area (Å²) in [6.45, 7) is 0. The molecule has 6 nitrogen and oxygen atoms in total. The Labute approximate surface area is 135 Å². The maximum atomic E-state index is 11.5. The molecule has 0 unspecified atom stereocenters. The second kappa shape index (κ2) is 6.45. The Kier molecular flexibility index (Phi) is 4.20. The number of aromatic amines is 1. The predicted octanol–water partition coefficient (Wildman–Crippen LogP) is 2.25. The van der Waals surface area contributed by atoms with E-state index in [9.17, 15) is 9.59 Å². The standard InChI is InChI=1S/C16H13N3O3S/c17-14(20)9-12(10-5-2-1-3-6-10)19-22-13-8-4-7-11-15(13)23-16(21)18-11/h1-8H,9H2,(H2,17,20)(H,18,21)/b19-12+. The van der Waals surface area contributed by atoms with Gasteiger partial charge in [0.25, 0.3) is 0 Å². The van der Waals surface area contributed by atoms with Crippen LogP contribution in [0.15, 0.2) is 58.5 Å². The number of hydrogen-bond acceptors (Lipinski definition) is 5. The van der Waals surface area contributed by atoms with Crippen LogP contribution in [0.2, 0.25) is 0 Å². The van der Waals surface area contributed by atoms with Gasteiger partial charge in [0, 0.05) is 0 Å². The molecule has 0 saturated carbocycles. The van der Waals surface area contributed by atoms with E-state index in [-0.39, 0.29) is 11.3 Å². The molecule has 7 heteroatoms. The number of H-pyrrole nitrogens is 1. The van der Waals surface area contributed by atoms with Gasteiger partial charge in [-0.25, -0.2) is 0 Å². The van der Waals surface area contributed by atoms with Gasteiger partial charge in [-0.1, -0.05) is 52.9 Å². The van der Waals surface area contributed by atoms with Crippen molar-refractivity contribution in [1.29, 1.82) is 0 Å². The normalized spacial score (nSPS) is 11.6. The Morgan fingerprint density at radius 3 is 2.70 bits per heavy atom. The molecule has 0 spiro atoms. The first-order valence-corrected chi connectivity index (χ1v) is 7.64. The highest BCUT2D eigenvalue weighted by molar-refractivity contribution is 7.16. The maximum Gasteiger partial charge on any atom is 0.305 e. The number of carbonyl (C=O) groups excluding carboxylic acids is 1. The number of thiazole rings is 1. The molecule has 2 aromatic carbocycles. The van der Waals surface area contributed by atoms with Gasteiger partial charge in [-0.15, -0.1) is 0 Å². The van der Waals surface area contributed by atoms with Gasteiger partial charge in [0.15, 0.2) is 5.75 Å². The van der Waals surface area contributed by atoms with Crippen molar-refractivity contribution >= 4 is 33.2 Å². The number of nitrogens with one attached hydrogen (secondary N) is 1. The van der Waals surface area contributed by atoms with Crippen molar-refractivity contribution < 1.29 is 9.63 Å². The van der Waals surface area contributed by atoms with Crippen LogP contribution in [0.1, 0.15) is 12.0 Å². The third kappa shape index (κ3) is 3.46. The minimum atomic E-state index is -0.499. The Balaban J connectivity index is 1.96. The van der Waals surface area contributed by atoms with Crippen LogP contribution >= 0.6 is 11.3 Å². The van der Waals surface area contributed by atoms with Crippen molar-refractivity contribution in [3.05, 3.63) is 63.8 Å². The summed E-state index contributed by atoms with van der Waals surface area (Å²) in [7, 11) is 0. The molecule has 0 aliphatic heterocycles. The average Bonchev–Trinajstić information content (AvgIpc) is 2.92. The molecule has 23 heavy (non-hydrogen) atoms. The quantitative estimate of drug-likeness (QED) is 0.555. The number of carbonyl (C=O) groups is 1. The van der Waals surface area contributed by atoms with Gasteiger partial charge >= 0.3 is 4.87 Å². The van der Waals surface area contributed by atoms with Gasteiger partial charge in [-0.3, -0.25) is 9.59 Å². The molecular weight excluding hydrogens is 314 g/mol. The fourth-order valence-corrected chi connectivity index (χ4v) is 2.89. The van der Waals surface area contributed by atoms with E-state index in [0.717, 1.165) is 16.9 Å². The summed E-state index contributed by atoms with van der Waals surface area (Å²) in [6, 6.07) is 14.4.